The summed E-state index contributed by atoms with van der Waals surface area (Å²) in [6, 6.07) is 0.665. The molecule has 1 heterocycles. The third-order valence-corrected chi connectivity index (χ3v) is 4.71. The van der Waals surface area contributed by atoms with Crippen LogP contribution in [0.5, 0.6) is 0 Å². The molecule has 0 amide bonds. The first-order valence-corrected chi connectivity index (χ1v) is 7.42. The van der Waals surface area contributed by atoms with E-state index in [2.05, 4.69) is 30.6 Å². The molecule has 0 unspecified atom stereocenters. The summed E-state index contributed by atoms with van der Waals surface area (Å²) in [6.45, 7) is 12.9. The molecule has 0 spiro atoms. The summed E-state index contributed by atoms with van der Waals surface area (Å²) in [5, 5.41) is 0. The van der Waals surface area contributed by atoms with Crippen LogP contribution in [0.1, 0.15) is 33.6 Å². The fourth-order valence-corrected chi connectivity index (χ4v) is 3.41. The highest BCUT2D eigenvalue weighted by Gasteiger charge is 2.48. The maximum absolute atomic E-state index is 6.04. The van der Waals surface area contributed by atoms with E-state index in [0.29, 0.717) is 12.1 Å². The lowest BCUT2D eigenvalue weighted by Gasteiger charge is -2.56. The zero-order valence-corrected chi connectivity index (χ0v) is 12.2. The SMILES string of the molecule is CCOC1CC(CN)(N2CCN(C(C)C)CC2)C1. The molecule has 1 saturated heterocycles. The van der Waals surface area contributed by atoms with Crippen LogP contribution in [0.3, 0.4) is 0 Å². The number of piperazine rings is 1. The van der Waals surface area contributed by atoms with Crippen LogP contribution in [-0.4, -0.2) is 66.8 Å². The first-order valence-electron chi connectivity index (χ1n) is 7.42. The number of nitrogens with two attached hydrogens (primary N) is 1. The van der Waals surface area contributed by atoms with Crippen LogP contribution in [-0.2, 0) is 4.74 Å². The smallest absolute Gasteiger partial charge is 0.0611 e. The van der Waals surface area contributed by atoms with E-state index in [0.717, 1.165) is 39.1 Å². The predicted octanol–water partition coefficient (Wildman–Crippen LogP) is 0.909. The van der Waals surface area contributed by atoms with E-state index >= 15 is 0 Å². The molecule has 0 atom stereocenters. The monoisotopic (exact) mass is 255 g/mol. The Bertz CT molecular complexity index is 256. The summed E-state index contributed by atoms with van der Waals surface area (Å²) in [7, 11) is 0. The number of hydrogen-bond acceptors (Lipinski definition) is 4. The van der Waals surface area contributed by atoms with E-state index in [1.807, 2.05) is 0 Å². The fraction of sp³-hybridized carbons (Fsp3) is 1.00. The summed E-state index contributed by atoms with van der Waals surface area (Å²) in [4.78, 5) is 5.17. The van der Waals surface area contributed by atoms with Crippen molar-refractivity contribution < 1.29 is 4.74 Å². The summed E-state index contributed by atoms with van der Waals surface area (Å²) in [5.74, 6) is 0. The fourth-order valence-electron chi connectivity index (χ4n) is 3.41. The summed E-state index contributed by atoms with van der Waals surface area (Å²) >= 11 is 0. The quantitative estimate of drug-likeness (QED) is 0.793. The van der Waals surface area contributed by atoms with Gasteiger partial charge in [-0.25, -0.2) is 0 Å². The van der Waals surface area contributed by atoms with Crippen molar-refractivity contribution in [2.75, 3.05) is 39.3 Å². The first kappa shape index (κ1) is 14.3. The number of hydrogen-bond donors (Lipinski definition) is 1. The Hall–Kier alpha value is -0.160. The van der Waals surface area contributed by atoms with E-state index < -0.39 is 0 Å². The van der Waals surface area contributed by atoms with E-state index in [-0.39, 0.29) is 5.54 Å². The van der Waals surface area contributed by atoms with Crippen molar-refractivity contribution >= 4 is 0 Å². The van der Waals surface area contributed by atoms with Gasteiger partial charge in [-0.15, -0.1) is 0 Å². The molecule has 4 nitrogen and oxygen atoms in total. The Labute approximate surface area is 111 Å². The molecule has 106 valence electrons. The van der Waals surface area contributed by atoms with Gasteiger partial charge in [0.1, 0.15) is 0 Å². The van der Waals surface area contributed by atoms with Crippen LogP contribution in [0.2, 0.25) is 0 Å². The molecule has 2 rings (SSSR count). The van der Waals surface area contributed by atoms with Crippen molar-refractivity contribution in [2.24, 2.45) is 5.73 Å². The van der Waals surface area contributed by atoms with Gasteiger partial charge in [0.2, 0.25) is 0 Å². The lowest BCUT2D eigenvalue weighted by Crippen LogP contribution is -2.67. The number of nitrogens with zero attached hydrogens (tertiary/aromatic N) is 2. The molecule has 2 fully saturated rings. The van der Waals surface area contributed by atoms with Crippen LogP contribution < -0.4 is 5.73 Å². The van der Waals surface area contributed by atoms with Crippen molar-refractivity contribution in [3.8, 4) is 0 Å². The second-order valence-corrected chi connectivity index (χ2v) is 6.03. The second kappa shape index (κ2) is 5.87. The van der Waals surface area contributed by atoms with Gasteiger partial charge in [0.05, 0.1) is 6.10 Å². The highest BCUT2D eigenvalue weighted by molar-refractivity contribution is 5.05. The van der Waals surface area contributed by atoms with Crippen LogP contribution in [0.4, 0.5) is 0 Å². The first-order chi connectivity index (χ1) is 8.61. The average molecular weight is 255 g/mol. The lowest BCUT2D eigenvalue weighted by atomic mass is 9.72. The molecule has 0 aromatic rings. The minimum atomic E-state index is 0.239. The molecule has 0 radical (unpaired) electrons. The normalized spacial score (nSPS) is 34.8. The molecule has 0 bridgehead atoms. The Balaban J connectivity index is 1.84. The van der Waals surface area contributed by atoms with Gasteiger partial charge in [-0.1, -0.05) is 0 Å². The average Bonchev–Trinajstić information content (AvgIpc) is 2.33. The molecule has 4 heteroatoms. The van der Waals surface area contributed by atoms with Gasteiger partial charge in [-0.3, -0.25) is 9.80 Å². The van der Waals surface area contributed by atoms with Crippen LogP contribution in [0.25, 0.3) is 0 Å². The van der Waals surface area contributed by atoms with Crippen molar-refractivity contribution in [3.63, 3.8) is 0 Å². The molecule has 1 saturated carbocycles. The zero-order chi connectivity index (χ0) is 13.2. The second-order valence-electron chi connectivity index (χ2n) is 6.03. The van der Waals surface area contributed by atoms with Crippen molar-refractivity contribution in [3.05, 3.63) is 0 Å². The minimum Gasteiger partial charge on any atom is -0.378 e. The molecule has 18 heavy (non-hydrogen) atoms. The molecule has 2 N–H and O–H groups in total. The largest absolute Gasteiger partial charge is 0.378 e. The maximum atomic E-state index is 6.04. The summed E-state index contributed by atoms with van der Waals surface area (Å²) in [6.07, 6.45) is 2.69. The molecule has 2 aliphatic rings. The standard InChI is InChI=1S/C14H29N3O/c1-4-18-13-9-14(10-13,11-15)17-7-5-16(6-8-17)12(2)3/h12-13H,4-11,15H2,1-3H3. The molecular formula is C14H29N3O. The number of rotatable bonds is 5. The molecule has 0 aromatic carbocycles. The van der Waals surface area contributed by atoms with Gasteiger partial charge in [0.25, 0.3) is 0 Å². The van der Waals surface area contributed by atoms with Crippen LogP contribution >= 0.6 is 0 Å². The predicted molar refractivity (Wildman–Crippen MR) is 74.7 cm³/mol. The Morgan fingerprint density at radius 1 is 1.22 bits per heavy atom. The molecular weight excluding hydrogens is 226 g/mol. The maximum Gasteiger partial charge on any atom is 0.0611 e. The third-order valence-electron chi connectivity index (χ3n) is 4.71. The van der Waals surface area contributed by atoms with Gasteiger partial charge >= 0.3 is 0 Å². The van der Waals surface area contributed by atoms with E-state index in [1.54, 1.807) is 0 Å². The minimum absolute atomic E-state index is 0.239. The van der Waals surface area contributed by atoms with Crippen molar-refractivity contribution in [1.29, 1.82) is 0 Å². The van der Waals surface area contributed by atoms with E-state index in [1.165, 1.54) is 13.1 Å². The van der Waals surface area contributed by atoms with Gasteiger partial charge in [-0.2, -0.15) is 0 Å². The molecule has 1 aliphatic carbocycles. The van der Waals surface area contributed by atoms with Crippen molar-refractivity contribution in [1.82, 2.24) is 9.80 Å². The van der Waals surface area contributed by atoms with Gasteiger partial charge in [0.15, 0.2) is 0 Å². The van der Waals surface area contributed by atoms with E-state index in [4.69, 9.17) is 10.5 Å². The van der Waals surface area contributed by atoms with Gasteiger partial charge < -0.3 is 10.5 Å². The van der Waals surface area contributed by atoms with Gasteiger partial charge in [-0.05, 0) is 33.6 Å². The summed E-state index contributed by atoms with van der Waals surface area (Å²) < 4.78 is 5.69. The Kier molecular flexibility index (Phi) is 4.64. The van der Waals surface area contributed by atoms with Crippen LogP contribution in [0, 0.1) is 0 Å². The van der Waals surface area contributed by atoms with Crippen LogP contribution in [0.15, 0.2) is 0 Å². The summed E-state index contributed by atoms with van der Waals surface area (Å²) in [5.41, 5.74) is 6.28. The number of ether oxygens (including phenoxy) is 1. The lowest BCUT2D eigenvalue weighted by molar-refractivity contribution is -0.111. The zero-order valence-electron chi connectivity index (χ0n) is 12.2. The van der Waals surface area contributed by atoms with Crippen molar-refractivity contribution in [2.45, 2.75) is 51.3 Å². The Morgan fingerprint density at radius 2 is 1.83 bits per heavy atom. The highest BCUT2D eigenvalue weighted by atomic mass is 16.5. The van der Waals surface area contributed by atoms with E-state index in [9.17, 15) is 0 Å². The van der Waals surface area contributed by atoms with Gasteiger partial charge in [0, 0.05) is 50.9 Å². The Morgan fingerprint density at radius 3 is 2.28 bits per heavy atom. The highest BCUT2D eigenvalue weighted by Crippen LogP contribution is 2.39. The molecule has 1 aliphatic heterocycles. The topological polar surface area (TPSA) is 41.7 Å². The third kappa shape index (κ3) is 2.72. The molecule has 0 aromatic heterocycles.